The van der Waals surface area contributed by atoms with Crippen LogP contribution in [-0.4, -0.2) is 36.4 Å². The maximum Gasteiger partial charge on any atom is 0.290 e. The minimum absolute atomic E-state index is 0.218. The molecule has 0 radical (unpaired) electrons. The van der Waals surface area contributed by atoms with Crippen LogP contribution in [0.3, 0.4) is 0 Å². The van der Waals surface area contributed by atoms with Crippen molar-refractivity contribution in [1.82, 2.24) is 29.8 Å². The molecule has 28 heavy (non-hydrogen) atoms. The van der Waals surface area contributed by atoms with E-state index in [4.69, 9.17) is 4.74 Å². The van der Waals surface area contributed by atoms with E-state index in [0.717, 1.165) is 23.4 Å². The van der Waals surface area contributed by atoms with Gasteiger partial charge in [0.05, 0.1) is 19.3 Å². The van der Waals surface area contributed by atoms with Gasteiger partial charge in [-0.25, -0.2) is 4.68 Å². The van der Waals surface area contributed by atoms with Crippen LogP contribution < -0.4 is 15.6 Å². The third kappa shape index (κ3) is 4.03. The molecule has 1 aliphatic carbocycles. The summed E-state index contributed by atoms with van der Waals surface area (Å²) in [5.74, 6) is 1.28. The molecule has 1 fully saturated rings. The van der Waals surface area contributed by atoms with Crippen LogP contribution in [0.2, 0.25) is 0 Å². The van der Waals surface area contributed by atoms with Gasteiger partial charge in [0.25, 0.3) is 5.56 Å². The third-order valence-corrected chi connectivity index (χ3v) is 4.83. The van der Waals surface area contributed by atoms with Crippen LogP contribution in [0.5, 0.6) is 5.88 Å². The van der Waals surface area contributed by atoms with E-state index >= 15 is 0 Å². The third-order valence-electron chi connectivity index (χ3n) is 4.83. The first kappa shape index (κ1) is 18.1. The average molecular weight is 381 g/mol. The fraction of sp³-hybridized carbons (Fsp3) is 0.421. The highest BCUT2D eigenvalue weighted by Gasteiger charge is 2.40. The Hall–Kier alpha value is -3.23. The summed E-state index contributed by atoms with van der Waals surface area (Å²) in [5.41, 5.74) is 3.22. The summed E-state index contributed by atoms with van der Waals surface area (Å²) in [5, 5.41) is 15.5. The Morgan fingerprint density at radius 1 is 1.25 bits per heavy atom. The molecule has 0 aliphatic heterocycles. The van der Waals surface area contributed by atoms with E-state index in [-0.39, 0.29) is 5.56 Å². The summed E-state index contributed by atoms with van der Waals surface area (Å²) >= 11 is 0. The highest BCUT2D eigenvalue weighted by molar-refractivity contribution is 5.43. The lowest BCUT2D eigenvalue weighted by atomic mass is 10.2. The molecule has 9 heteroatoms. The van der Waals surface area contributed by atoms with Crippen molar-refractivity contribution < 1.29 is 4.74 Å². The van der Waals surface area contributed by atoms with Gasteiger partial charge in [0.15, 0.2) is 0 Å². The van der Waals surface area contributed by atoms with Crippen molar-refractivity contribution in [3.63, 3.8) is 0 Å². The Bertz CT molecular complexity index is 1030. The molecule has 1 saturated carbocycles. The molecule has 0 saturated heterocycles. The van der Waals surface area contributed by atoms with Gasteiger partial charge < -0.3 is 10.1 Å². The lowest BCUT2D eigenvalue weighted by molar-refractivity contribution is 0.278. The summed E-state index contributed by atoms with van der Waals surface area (Å²) in [6.45, 7) is 2.98. The zero-order valence-electron chi connectivity index (χ0n) is 16.2. The van der Waals surface area contributed by atoms with E-state index in [0.29, 0.717) is 36.6 Å². The molecular formula is C19H23N7O2. The lowest BCUT2D eigenvalue weighted by Crippen LogP contribution is -2.24. The van der Waals surface area contributed by atoms with Crippen molar-refractivity contribution in [2.75, 3.05) is 11.9 Å². The molecular weight excluding hydrogens is 358 g/mol. The molecule has 2 unspecified atom stereocenters. The predicted molar refractivity (Wildman–Crippen MR) is 103 cm³/mol. The molecule has 0 bridgehead atoms. The second kappa shape index (κ2) is 7.41. The molecule has 1 aliphatic rings. The van der Waals surface area contributed by atoms with Crippen LogP contribution in [0, 0.1) is 12.8 Å². The standard InChI is InChI=1S/C19H23N7O2/c1-12-4-5-16(20-8-12)15-6-13(15)11-28-18-7-17(19(27)25(2)24-18)21-9-14-10-22-26(3)23-14/h4-5,7-8,10,13,15,21H,6,9,11H2,1-3H3. The number of aryl methyl sites for hydroxylation is 3. The number of hydrogen-bond donors (Lipinski definition) is 1. The molecule has 0 aromatic carbocycles. The highest BCUT2D eigenvalue weighted by atomic mass is 16.5. The maximum atomic E-state index is 12.3. The van der Waals surface area contributed by atoms with Crippen molar-refractivity contribution in [1.29, 1.82) is 0 Å². The van der Waals surface area contributed by atoms with Crippen LogP contribution in [0.1, 0.15) is 29.3 Å². The van der Waals surface area contributed by atoms with Gasteiger partial charge in [-0.3, -0.25) is 9.78 Å². The van der Waals surface area contributed by atoms with Gasteiger partial charge in [-0.05, 0) is 25.0 Å². The molecule has 9 nitrogen and oxygen atoms in total. The van der Waals surface area contributed by atoms with Crippen LogP contribution in [-0.2, 0) is 20.6 Å². The van der Waals surface area contributed by atoms with Gasteiger partial charge in [0.2, 0.25) is 5.88 Å². The molecule has 0 spiro atoms. The molecule has 3 aromatic rings. The van der Waals surface area contributed by atoms with E-state index in [9.17, 15) is 4.79 Å². The number of ether oxygens (including phenoxy) is 1. The number of aromatic nitrogens is 6. The van der Waals surface area contributed by atoms with E-state index in [1.54, 1.807) is 26.4 Å². The Morgan fingerprint density at radius 2 is 2.11 bits per heavy atom. The summed E-state index contributed by atoms with van der Waals surface area (Å²) in [7, 11) is 3.36. The molecule has 3 heterocycles. The second-order valence-corrected chi connectivity index (χ2v) is 7.18. The Kier molecular flexibility index (Phi) is 4.81. The number of anilines is 1. The first-order valence-electron chi connectivity index (χ1n) is 9.22. The fourth-order valence-electron chi connectivity index (χ4n) is 3.12. The van der Waals surface area contributed by atoms with Crippen molar-refractivity contribution in [3.05, 3.63) is 57.9 Å². The minimum atomic E-state index is -0.218. The van der Waals surface area contributed by atoms with Gasteiger partial charge in [0, 0.05) is 43.9 Å². The fourth-order valence-corrected chi connectivity index (χ4v) is 3.12. The Labute approximate surface area is 162 Å². The van der Waals surface area contributed by atoms with Crippen LogP contribution in [0.15, 0.2) is 35.4 Å². The summed E-state index contributed by atoms with van der Waals surface area (Å²) < 4.78 is 7.15. The van der Waals surface area contributed by atoms with Crippen molar-refractivity contribution in [2.24, 2.45) is 20.0 Å². The highest BCUT2D eigenvalue weighted by Crippen LogP contribution is 2.46. The second-order valence-electron chi connectivity index (χ2n) is 7.18. The van der Waals surface area contributed by atoms with Gasteiger partial charge in [-0.15, -0.1) is 5.10 Å². The molecule has 4 rings (SSSR count). The number of nitrogens with zero attached hydrogens (tertiary/aromatic N) is 6. The van der Waals surface area contributed by atoms with Gasteiger partial charge in [-0.1, -0.05) is 6.07 Å². The number of hydrogen-bond acceptors (Lipinski definition) is 7. The van der Waals surface area contributed by atoms with Crippen molar-refractivity contribution >= 4 is 5.69 Å². The van der Waals surface area contributed by atoms with Crippen molar-refractivity contribution in [3.8, 4) is 5.88 Å². The van der Waals surface area contributed by atoms with E-state index < -0.39 is 0 Å². The Morgan fingerprint density at radius 3 is 2.82 bits per heavy atom. The smallest absolute Gasteiger partial charge is 0.290 e. The summed E-state index contributed by atoms with van der Waals surface area (Å²) in [4.78, 5) is 18.3. The van der Waals surface area contributed by atoms with Gasteiger partial charge >= 0.3 is 0 Å². The topological polar surface area (TPSA) is 99.8 Å². The SMILES string of the molecule is Cc1ccc(C2CC2COc2cc(NCc3cnn(C)n3)c(=O)n(C)n2)nc1. The van der Waals surface area contributed by atoms with Crippen LogP contribution >= 0.6 is 0 Å². The molecule has 2 atom stereocenters. The van der Waals surface area contributed by atoms with E-state index in [2.05, 4.69) is 37.7 Å². The van der Waals surface area contributed by atoms with Crippen molar-refractivity contribution in [2.45, 2.75) is 25.8 Å². The lowest BCUT2D eigenvalue weighted by Gasteiger charge is -2.10. The summed E-state index contributed by atoms with van der Waals surface area (Å²) in [6, 6.07) is 5.81. The van der Waals surface area contributed by atoms with Gasteiger partial charge in [0.1, 0.15) is 11.4 Å². The minimum Gasteiger partial charge on any atom is -0.476 e. The first-order chi connectivity index (χ1) is 13.5. The monoisotopic (exact) mass is 381 g/mol. The molecule has 3 aromatic heterocycles. The van der Waals surface area contributed by atoms with Crippen LogP contribution in [0.4, 0.5) is 5.69 Å². The first-order valence-corrected chi connectivity index (χ1v) is 9.22. The largest absolute Gasteiger partial charge is 0.476 e. The summed E-state index contributed by atoms with van der Waals surface area (Å²) in [6.07, 6.45) is 4.61. The molecule has 146 valence electrons. The van der Waals surface area contributed by atoms with Crippen LogP contribution in [0.25, 0.3) is 0 Å². The quantitative estimate of drug-likeness (QED) is 0.660. The zero-order chi connectivity index (χ0) is 19.7. The average Bonchev–Trinajstić information content (AvgIpc) is 3.34. The maximum absolute atomic E-state index is 12.3. The Balaban J connectivity index is 1.37. The molecule has 0 amide bonds. The molecule has 1 N–H and O–H groups in total. The van der Waals surface area contributed by atoms with E-state index in [1.807, 2.05) is 13.1 Å². The number of rotatable bonds is 7. The predicted octanol–water partition coefficient (Wildman–Crippen LogP) is 1.41. The van der Waals surface area contributed by atoms with Gasteiger partial charge in [-0.2, -0.15) is 15.0 Å². The number of nitrogens with one attached hydrogen (secondary N) is 1. The number of pyridine rings is 1. The van der Waals surface area contributed by atoms with E-state index in [1.165, 1.54) is 9.48 Å². The zero-order valence-corrected chi connectivity index (χ0v) is 16.2. The normalized spacial score (nSPS) is 18.1.